The van der Waals surface area contributed by atoms with Crippen LogP contribution in [0.5, 0.6) is 0 Å². The van der Waals surface area contributed by atoms with Crippen molar-refractivity contribution in [2.45, 2.75) is 17.2 Å². The van der Waals surface area contributed by atoms with Gasteiger partial charge in [0.1, 0.15) is 0 Å². The molecule has 1 aromatic carbocycles. The van der Waals surface area contributed by atoms with E-state index in [1.807, 2.05) is 6.07 Å². The molecule has 0 spiro atoms. The Morgan fingerprint density at radius 2 is 2.06 bits per heavy atom. The zero-order valence-corrected chi connectivity index (χ0v) is 12.7. The van der Waals surface area contributed by atoms with Crippen molar-refractivity contribution in [3.63, 3.8) is 0 Å². The average Bonchev–Trinajstić information content (AvgIpc) is 2.59. The van der Waals surface area contributed by atoms with Crippen molar-refractivity contribution < 1.29 is 0 Å². The molecule has 2 aromatic rings. The van der Waals surface area contributed by atoms with Crippen molar-refractivity contribution in [1.29, 1.82) is 0 Å². The second-order valence-corrected chi connectivity index (χ2v) is 7.46. The quantitative estimate of drug-likeness (QED) is 0.599. The molecule has 17 heavy (non-hydrogen) atoms. The highest BCUT2D eigenvalue weighted by atomic mass is 79.9. The van der Waals surface area contributed by atoms with Crippen LogP contribution in [0.3, 0.4) is 0 Å². The lowest BCUT2D eigenvalue weighted by molar-refractivity contribution is 0.601. The number of rotatable bonds is 2. The fourth-order valence-electron chi connectivity index (χ4n) is 2.32. The van der Waals surface area contributed by atoms with Crippen molar-refractivity contribution >= 4 is 50.5 Å². The summed E-state index contributed by atoms with van der Waals surface area (Å²) in [7, 11) is 0. The molecule has 1 aliphatic rings. The van der Waals surface area contributed by atoms with Gasteiger partial charge in [-0.1, -0.05) is 63.4 Å². The first-order valence-corrected chi connectivity index (χ1v) is 7.82. The highest BCUT2D eigenvalue weighted by Gasteiger charge is 2.33. The van der Waals surface area contributed by atoms with E-state index < -0.39 is 0 Å². The summed E-state index contributed by atoms with van der Waals surface area (Å²) < 4.78 is 1.54. The number of hydrogen-bond donors (Lipinski definition) is 0. The Morgan fingerprint density at radius 1 is 1.29 bits per heavy atom. The van der Waals surface area contributed by atoms with Crippen molar-refractivity contribution in [3.05, 3.63) is 55.7 Å². The molecule has 2 atom stereocenters. The zero-order chi connectivity index (χ0) is 12.0. The zero-order valence-electron chi connectivity index (χ0n) is 8.79. The van der Waals surface area contributed by atoms with Gasteiger partial charge in [0.2, 0.25) is 0 Å². The van der Waals surface area contributed by atoms with E-state index in [0.717, 1.165) is 20.7 Å². The van der Waals surface area contributed by atoms with Crippen LogP contribution in [0.2, 0.25) is 8.67 Å². The van der Waals surface area contributed by atoms with Crippen LogP contribution in [0.1, 0.15) is 27.4 Å². The summed E-state index contributed by atoms with van der Waals surface area (Å²) >= 11 is 17.4. The maximum Gasteiger partial charge on any atom is 0.0987 e. The summed E-state index contributed by atoms with van der Waals surface area (Å²) in [6.07, 6.45) is 1.11. The molecule has 0 radical (unpaired) electrons. The van der Waals surface area contributed by atoms with Crippen molar-refractivity contribution in [2.24, 2.45) is 0 Å². The second-order valence-electron chi connectivity index (χ2n) is 4.19. The third kappa shape index (κ3) is 2.06. The van der Waals surface area contributed by atoms with Crippen LogP contribution < -0.4 is 0 Å². The first kappa shape index (κ1) is 12.0. The lowest BCUT2D eigenvalue weighted by atomic mass is 9.75. The molecule has 88 valence electrons. The fourth-order valence-corrected chi connectivity index (χ4v) is 4.98. The third-order valence-electron chi connectivity index (χ3n) is 3.23. The number of fused-ring (bicyclic) bond motifs is 1. The molecule has 0 nitrogen and oxygen atoms in total. The molecule has 0 aliphatic heterocycles. The summed E-state index contributed by atoms with van der Waals surface area (Å²) in [5.74, 6) is 0.509. The minimum atomic E-state index is 0.258. The van der Waals surface area contributed by atoms with Crippen molar-refractivity contribution in [1.82, 2.24) is 0 Å². The van der Waals surface area contributed by atoms with Crippen molar-refractivity contribution in [2.75, 3.05) is 0 Å². The Kier molecular flexibility index (Phi) is 3.24. The molecule has 0 bridgehead atoms. The molecule has 1 heterocycles. The molecule has 2 unspecified atom stereocenters. The van der Waals surface area contributed by atoms with Gasteiger partial charge in [-0.2, -0.15) is 0 Å². The lowest BCUT2D eigenvalue weighted by Crippen LogP contribution is -2.20. The van der Waals surface area contributed by atoms with Crippen LogP contribution in [0, 0.1) is 0 Å². The van der Waals surface area contributed by atoms with Crippen LogP contribution in [-0.2, 0) is 6.42 Å². The normalized spacial score (nSPS) is 19.6. The standard InChI is InChI=1S/C13H9BrCl2S/c14-12(10-6-11(15)17-13(10)16)9-5-7-3-1-2-4-8(7)9/h1-4,6,9,12H,5H2. The van der Waals surface area contributed by atoms with Gasteiger partial charge in [0.05, 0.1) is 8.67 Å². The van der Waals surface area contributed by atoms with E-state index in [4.69, 9.17) is 23.2 Å². The Balaban J connectivity index is 1.91. The summed E-state index contributed by atoms with van der Waals surface area (Å²) in [6.45, 7) is 0. The Hall–Kier alpha value is -0.0200. The molecular formula is C13H9BrCl2S. The summed E-state index contributed by atoms with van der Waals surface area (Å²) in [6, 6.07) is 10.5. The minimum absolute atomic E-state index is 0.258. The van der Waals surface area contributed by atoms with Gasteiger partial charge in [0.25, 0.3) is 0 Å². The molecule has 0 fully saturated rings. The lowest BCUT2D eigenvalue weighted by Gasteiger charge is -2.33. The summed E-state index contributed by atoms with van der Waals surface area (Å²) in [5, 5.41) is 0. The highest BCUT2D eigenvalue weighted by molar-refractivity contribution is 9.09. The van der Waals surface area contributed by atoms with E-state index in [1.54, 1.807) is 0 Å². The van der Waals surface area contributed by atoms with E-state index in [0.29, 0.717) is 5.92 Å². The number of hydrogen-bond acceptors (Lipinski definition) is 1. The van der Waals surface area contributed by atoms with Gasteiger partial charge in [-0.05, 0) is 29.2 Å². The van der Waals surface area contributed by atoms with Gasteiger partial charge >= 0.3 is 0 Å². The van der Waals surface area contributed by atoms with E-state index in [2.05, 4.69) is 40.2 Å². The maximum atomic E-state index is 6.20. The van der Waals surface area contributed by atoms with Crippen LogP contribution in [0.4, 0.5) is 0 Å². The first-order valence-electron chi connectivity index (χ1n) is 5.33. The first-order chi connectivity index (χ1) is 8.16. The largest absolute Gasteiger partial charge is 0.111 e. The molecule has 1 aliphatic carbocycles. The van der Waals surface area contributed by atoms with Crippen LogP contribution in [-0.4, -0.2) is 0 Å². The molecule has 1 aromatic heterocycles. The Morgan fingerprint density at radius 3 is 2.71 bits per heavy atom. The monoisotopic (exact) mass is 346 g/mol. The molecule has 0 N–H and O–H groups in total. The Labute approximate surface area is 123 Å². The highest BCUT2D eigenvalue weighted by Crippen LogP contribution is 2.51. The smallest absolute Gasteiger partial charge is 0.0987 e. The predicted molar refractivity (Wildman–Crippen MR) is 78.9 cm³/mol. The Bertz CT molecular complexity index is 564. The van der Waals surface area contributed by atoms with Gasteiger partial charge in [0, 0.05) is 10.7 Å². The van der Waals surface area contributed by atoms with Crippen molar-refractivity contribution in [3.8, 4) is 0 Å². The SMILES string of the molecule is Clc1cc(C(Br)C2Cc3ccccc32)c(Cl)s1. The molecule has 0 amide bonds. The minimum Gasteiger partial charge on any atom is -0.111 e. The third-order valence-corrected chi connectivity index (χ3v) is 5.88. The average molecular weight is 348 g/mol. The summed E-state index contributed by atoms with van der Waals surface area (Å²) in [4.78, 5) is 0.258. The maximum absolute atomic E-state index is 6.20. The van der Waals surface area contributed by atoms with Crippen LogP contribution in [0.25, 0.3) is 0 Å². The second kappa shape index (κ2) is 4.58. The topological polar surface area (TPSA) is 0 Å². The molecule has 0 saturated heterocycles. The summed E-state index contributed by atoms with van der Waals surface area (Å²) in [5.41, 5.74) is 3.98. The van der Waals surface area contributed by atoms with Gasteiger partial charge in [-0.15, -0.1) is 11.3 Å². The molecular weight excluding hydrogens is 339 g/mol. The van der Waals surface area contributed by atoms with Crippen LogP contribution >= 0.6 is 50.5 Å². The van der Waals surface area contributed by atoms with Gasteiger partial charge in [-0.3, -0.25) is 0 Å². The van der Waals surface area contributed by atoms with Crippen LogP contribution in [0.15, 0.2) is 30.3 Å². The van der Waals surface area contributed by atoms with Gasteiger partial charge < -0.3 is 0 Å². The van der Waals surface area contributed by atoms with Gasteiger partial charge in [0.15, 0.2) is 0 Å². The molecule has 4 heteroatoms. The fraction of sp³-hybridized carbons (Fsp3) is 0.231. The van der Waals surface area contributed by atoms with Gasteiger partial charge in [-0.25, -0.2) is 0 Å². The van der Waals surface area contributed by atoms with E-state index in [1.165, 1.54) is 22.5 Å². The number of alkyl halides is 1. The van der Waals surface area contributed by atoms with E-state index >= 15 is 0 Å². The molecule has 3 rings (SSSR count). The number of thiophene rings is 1. The van der Waals surface area contributed by atoms with E-state index in [9.17, 15) is 0 Å². The number of benzene rings is 1. The number of halogens is 3. The molecule has 0 saturated carbocycles. The predicted octanol–water partition coefficient (Wildman–Crippen LogP) is 5.83. The van der Waals surface area contributed by atoms with E-state index in [-0.39, 0.29) is 4.83 Å².